The second kappa shape index (κ2) is 4.37. The number of hydrogen-bond acceptors (Lipinski definition) is 1. The molecule has 1 aromatic carbocycles. The molecule has 0 heterocycles. The van der Waals surface area contributed by atoms with E-state index in [9.17, 15) is 13.2 Å². The van der Waals surface area contributed by atoms with Gasteiger partial charge in [-0.1, -0.05) is 0 Å². The molecule has 72 valence electrons. The van der Waals surface area contributed by atoms with Crippen LogP contribution in [0.15, 0.2) is 18.2 Å². The molecule has 0 saturated heterocycles. The van der Waals surface area contributed by atoms with Gasteiger partial charge in [-0.25, -0.2) is 4.39 Å². The molecular weight excluding hydrogens is 205 g/mol. The Bertz CT molecular complexity index is 291. The van der Waals surface area contributed by atoms with Gasteiger partial charge in [0, 0.05) is 5.56 Å². The average molecular weight is 211 g/mol. The molecule has 0 bridgehead atoms. The summed E-state index contributed by atoms with van der Waals surface area (Å²) >= 11 is 5.36. The van der Waals surface area contributed by atoms with E-state index in [-0.39, 0.29) is 17.2 Å². The lowest BCUT2D eigenvalue weighted by Crippen LogP contribution is -2.02. The molecule has 0 aliphatic heterocycles. The highest BCUT2D eigenvalue weighted by atomic mass is 35.5. The summed E-state index contributed by atoms with van der Waals surface area (Å²) in [6.45, 7) is -2.91. The van der Waals surface area contributed by atoms with Gasteiger partial charge < -0.3 is 4.74 Å². The van der Waals surface area contributed by atoms with E-state index in [0.717, 1.165) is 18.2 Å². The Labute approximate surface area is 78.1 Å². The molecule has 0 aliphatic rings. The number of rotatable bonds is 3. The summed E-state index contributed by atoms with van der Waals surface area (Å²) < 4.78 is 40.2. The zero-order valence-electron chi connectivity index (χ0n) is 6.44. The van der Waals surface area contributed by atoms with Crippen molar-refractivity contribution in [1.29, 1.82) is 0 Å². The summed E-state index contributed by atoms with van der Waals surface area (Å²) in [4.78, 5) is 0. The third kappa shape index (κ3) is 2.81. The lowest BCUT2D eigenvalue weighted by Gasteiger charge is -2.05. The Balaban J connectivity index is 2.86. The molecule has 0 saturated carbocycles. The summed E-state index contributed by atoms with van der Waals surface area (Å²) in [5.74, 6) is -0.699. The van der Waals surface area contributed by atoms with Crippen molar-refractivity contribution in [2.75, 3.05) is 0 Å². The summed E-state index contributed by atoms with van der Waals surface area (Å²) in [6.07, 6.45) is 0. The van der Waals surface area contributed by atoms with Gasteiger partial charge in [0.05, 0.1) is 5.88 Å². The highest BCUT2D eigenvalue weighted by Crippen LogP contribution is 2.19. The van der Waals surface area contributed by atoms with Gasteiger partial charge in [-0.3, -0.25) is 0 Å². The van der Waals surface area contributed by atoms with Crippen molar-refractivity contribution in [3.05, 3.63) is 29.6 Å². The Morgan fingerprint density at radius 2 is 2.08 bits per heavy atom. The zero-order chi connectivity index (χ0) is 9.84. The van der Waals surface area contributed by atoms with E-state index >= 15 is 0 Å². The number of hydrogen-bond donors (Lipinski definition) is 0. The summed E-state index contributed by atoms with van der Waals surface area (Å²) in [5, 5.41) is 0. The summed E-state index contributed by atoms with van der Waals surface area (Å²) in [5.41, 5.74) is 0.139. The van der Waals surface area contributed by atoms with E-state index in [1.54, 1.807) is 0 Å². The van der Waals surface area contributed by atoms with Crippen molar-refractivity contribution in [2.24, 2.45) is 0 Å². The van der Waals surface area contributed by atoms with E-state index in [1.807, 2.05) is 0 Å². The van der Waals surface area contributed by atoms with Gasteiger partial charge in [0.15, 0.2) is 0 Å². The van der Waals surface area contributed by atoms with Crippen LogP contribution in [0.4, 0.5) is 13.2 Å². The maximum Gasteiger partial charge on any atom is 0.387 e. The third-order valence-corrected chi connectivity index (χ3v) is 1.67. The maximum absolute atomic E-state index is 12.8. The normalized spacial score (nSPS) is 10.5. The molecule has 0 N–H and O–H groups in total. The monoisotopic (exact) mass is 210 g/mol. The molecule has 0 unspecified atom stereocenters. The number of halogens is 4. The van der Waals surface area contributed by atoms with E-state index in [4.69, 9.17) is 11.6 Å². The highest BCUT2D eigenvalue weighted by Gasteiger charge is 2.07. The molecule has 0 amide bonds. The van der Waals surface area contributed by atoms with Crippen molar-refractivity contribution in [1.82, 2.24) is 0 Å². The SMILES string of the molecule is Fc1ccc(OC(F)F)cc1CCl. The Morgan fingerprint density at radius 3 is 2.62 bits per heavy atom. The van der Waals surface area contributed by atoms with Gasteiger partial charge in [-0.15, -0.1) is 11.6 Å². The molecule has 0 aromatic heterocycles. The first kappa shape index (κ1) is 10.2. The Morgan fingerprint density at radius 1 is 1.38 bits per heavy atom. The molecule has 13 heavy (non-hydrogen) atoms. The van der Waals surface area contributed by atoms with E-state index < -0.39 is 12.4 Å². The van der Waals surface area contributed by atoms with Gasteiger partial charge in [-0.05, 0) is 18.2 Å². The average Bonchev–Trinajstić information content (AvgIpc) is 2.07. The topological polar surface area (TPSA) is 9.23 Å². The number of alkyl halides is 3. The second-order valence-corrected chi connectivity index (χ2v) is 2.53. The standard InChI is InChI=1S/C8H6ClF3O/c9-4-5-3-6(13-8(11)12)1-2-7(5)10/h1-3,8H,4H2. The second-order valence-electron chi connectivity index (χ2n) is 2.27. The third-order valence-electron chi connectivity index (χ3n) is 1.39. The Kier molecular flexibility index (Phi) is 3.42. The van der Waals surface area contributed by atoms with Crippen LogP contribution < -0.4 is 4.74 Å². The van der Waals surface area contributed by atoms with Crippen molar-refractivity contribution in [3.63, 3.8) is 0 Å². The first-order valence-electron chi connectivity index (χ1n) is 3.42. The smallest absolute Gasteiger partial charge is 0.387 e. The van der Waals surface area contributed by atoms with Gasteiger partial charge in [0.1, 0.15) is 11.6 Å². The summed E-state index contributed by atoms with van der Waals surface area (Å²) in [7, 11) is 0. The molecule has 1 rings (SSSR count). The van der Waals surface area contributed by atoms with Crippen LogP contribution >= 0.6 is 11.6 Å². The highest BCUT2D eigenvalue weighted by molar-refractivity contribution is 6.17. The van der Waals surface area contributed by atoms with Crippen LogP contribution in [0.25, 0.3) is 0 Å². The minimum atomic E-state index is -2.91. The van der Waals surface area contributed by atoms with Gasteiger partial charge >= 0.3 is 6.61 Å². The van der Waals surface area contributed by atoms with Crippen LogP contribution in [0.1, 0.15) is 5.56 Å². The van der Waals surface area contributed by atoms with Crippen LogP contribution in [0, 0.1) is 5.82 Å². The van der Waals surface area contributed by atoms with Gasteiger partial charge in [0.25, 0.3) is 0 Å². The van der Waals surface area contributed by atoms with Crippen molar-refractivity contribution in [3.8, 4) is 5.75 Å². The molecule has 0 aliphatic carbocycles. The van der Waals surface area contributed by atoms with Gasteiger partial charge in [-0.2, -0.15) is 8.78 Å². The van der Waals surface area contributed by atoms with E-state index in [1.165, 1.54) is 0 Å². The Hall–Kier alpha value is -0.900. The fraction of sp³-hybridized carbons (Fsp3) is 0.250. The van der Waals surface area contributed by atoms with Crippen LogP contribution in [0.3, 0.4) is 0 Å². The van der Waals surface area contributed by atoms with Gasteiger partial charge in [0.2, 0.25) is 0 Å². The van der Waals surface area contributed by atoms with Crippen molar-refractivity contribution < 1.29 is 17.9 Å². The molecular formula is C8H6ClF3O. The van der Waals surface area contributed by atoms with Crippen molar-refractivity contribution in [2.45, 2.75) is 12.5 Å². The molecule has 0 spiro atoms. The van der Waals surface area contributed by atoms with Crippen molar-refractivity contribution >= 4 is 11.6 Å². The molecule has 5 heteroatoms. The minimum absolute atomic E-state index is 0.0771. The van der Waals surface area contributed by atoms with Crippen LogP contribution in [-0.4, -0.2) is 6.61 Å². The molecule has 1 nitrogen and oxygen atoms in total. The maximum atomic E-state index is 12.8. The number of benzene rings is 1. The lowest BCUT2D eigenvalue weighted by molar-refractivity contribution is -0.0499. The predicted molar refractivity (Wildman–Crippen MR) is 42.6 cm³/mol. The summed E-state index contributed by atoms with van der Waals surface area (Å²) in [6, 6.07) is 3.31. The zero-order valence-corrected chi connectivity index (χ0v) is 7.19. The van der Waals surface area contributed by atoms with E-state index in [0.29, 0.717) is 0 Å². The predicted octanol–water partition coefficient (Wildman–Crippen LogP) is 3.17. The fourth-order valence-corrected chi connectivity index (χ4v) is 1.03. The number of ether oxygens (including phenoxy) is 1. The first-order valence-corrected chi connectivity index (χ1v) is 3.96. The quantitative estimate of drug-likeness (QED) is 0.697. The van der Waals surface area contributed by atoms with Crippen LogP contribution in [0.5, 0.6) is 5.75 Å². The lowest BCUT2D eigenvalue weighted by atomic mass is 10.2. The van der Waals surface area contributed by atoms with Crippen LogP contribution in [-0.2, 0) is 5.88 Å². The fourth-order valence-electron chi connectivity index (χ4n) is 0.830. The largest absolute Gasteiger partial charge is 0.435 e. The molecule has 0 radical (unpaired) electrons. The van der Waals surface area contributed by atoms with Crippen LogP contribution in [0.2, 0.25) is 0 Å². The van der Waals surface area contributed by atoms with E-state index in [2.05, 4.69) is 4.74 Å². The molecule has 1 aromatic rings. The molecule has 0 fully saturated rings. The minimum Gasteiger partial charge on any atom is -0.435 e. The molecule has 0 atom stereocenters. The first-order chi connectivity index (χ1) is 6.13.